The van der Waals surface area contributed by atoms with E-state index in [0.29, 0.717) is 12.3 Å². The fourth-order valence-corrected chi connectivity index (χ4v) is 1.23. The molecule has 0 aliphatic heterocycles. The van der Waals surface area contributed by atoms with E-state index in [4.69, 9.17) is 15.8 Å². The van der Waals surface area contributed by atoms with Gasteiger partial charge in [0, 0.05) is 7.05 Å². The molecule has 0 fully saturated rings. The van der Waals surface area contributed by atoms with Gasteiger partial charge in [0.2, 0.25) is 5.91 Å². The number of nitrogens with zero attached hydrogens (tertiary/aromatic N) is 1. The smallest absolute Gasteiger partial charge is 0.426 e. The molecule has 0 aliphatic rings. The van der Waals surface area contributed by atoms with Crippen LogP contribution >= 0.6 is 0 Å². The molecule has 0 heterocycles. The molecule has 0 radical (unpaired) electrons. The molecule has 6 heteroatoms. The number of hydrogen-bond acceptors (Lipinski definition) is 4. The van der Waals surface area contributed by atoms with Gasteiger partial charge in [0.1, 0.15) is 0 Å². The third kappa shape index (κ3) is 5.21. The van der Waals surface area contributed by atoms with E-state index < -0.39 is 13.2 Å². The maximum Gasteiger partial charge on any atom is 0.472 e. The first-order chi connectivity index (χ1) is 6.34. The van der Waals surface area contributed by atoms with Crippen LogP contribution < -0.4 is 5.73 Å². The van der Waals surface area contributed by atoms with E-state index in [2.05, 4.69) is 0 Å². The summed E-state index contributed by atoms with van der Waals surface area (Å²) in [5.41, 5.74) is 5.64. The highest BCUT2D eigenvalue weighted by molar-refractivity contribution is 6.41. The number of carbonyl (C=O) groups is 1. The minimum atomic E-state index is -1.50. The van der Waals surface area contributed by atoms with E-state index >= 15 is 0 Å². The Labute approximate surface area is 85.0 Å². The lowest BCUT2D eigenvalue weighted by atomic mass is 9.91. The molecule has 5 nitrogen and oxygen atoms in total. The predicted molar refractivity (Wildman–Crippen MR) is 55.3 cm³/mol. The summed E-state index contributed by atoms with van der Waals surface area (Å²) in [5, 5.41) is 17.3. The van der Waals surface area contributed by atoms with Crippen molar-refractivity contribution in [1.29, 1.82) is 0 Å². The third-order valence-corrected chi connectivity index (χ3v) is 1.86. The van der Waals surface area contributed by atoms with Crippen molar-refractivity contribution >= 4 is 13.0 Å². The SMILES string of the molecule is CC(C)C[C@H](N)C(=O)N(C)CB(O)O. The lowest BCUT2D eigenvalue weighted by molar-refractivity contribution is -0.131. The second-order valence-electron chi connectivity index (χ2n) is 3.94. The second kappa shape index (κ2) is 6.00. The van der Waals surface area contributed by atoms with Gasteiger partial charge in [-0.3, -0.25) is 4.79 Å². The fourth-order valence-electron chi connectivity index (χ4n) is 1.23. The highest BCUT2D eigenvalue weighted by atomic mass is 16.4. The van der Waals surface area contributed by atoms with Crippen LogP contribution in [0.4, 0.5) is 0 Å². The van der Waals surface area contributed by atoms with Crippen molar-refractivity contribution in [3.8, 4) is 0 Å². The molecule has 0 saturated heterocycles. The molecule has 4 N–H and O–H groups in total. The van der Waals surface area contributed by atoms with Gasteiger partial charge in [-0.2, -0.15) is 0 Å². The second-order valence-corrected chi connectivity index (χ2v) is 3.94. The summed E-state index contributed by atoms with van der Waals surface area (Å²) in [6.45, 7) is 3.96. The summed E-state index contributed by atoms with van der Waals surface area (Å²) >= 11 is 0. The Kier molecular flexibility index (Phi) is 5.75. The van der Waals surface area contributed by atoms with E-state index in [1.807, 2.05) is 13.8 Å². The Balaban J connectivity index is 4.04. The normalized spacial score (nSPS) is 12.8. The van der Waals surface area contributed by atoms with Crippen molar-refractivity contribution in [2.24, 2.45) is 11.7 Å². The van der Waals surface area contributed by atoms with E-state index in [0.717, 1.165) is 0 Å². The van der Waals surface area contributed by atoms with Gasteiger partial charge in [0.05, 0.1) is 12.5 Å². The zero-order valence-electron chi connectivity index (χ0n) is 8.97. The molecule has 0 aliphatic carbocycles. The average molecular weight is 202 g/mol. The van der Waals surface area contributed by atoms with Crippen molar-refractivity contribution in [1.82, 2.24) is 4.90 Å². The number of amides is 1. The molecule has 0 unspecified atom stereocenters. The quantitative estimate of drug-likeness (QED) is 0.490. The van der Waals surface area contributed by atoms with E-state index in [1.54, 1.807) is 0 Å². The largest absolute Gasteiger partial charge is 0.472 e. The molecule has 0 saturated carbocycles. The number of nitrogens with two attached hydrogens (primary N) is 1. The maximum absolute atomic E-state index is 11.5. The van der Waals surface area contributed by atoms with Gasteiger partial charge in [-0.25, -0.2) is 0 Å². The molecule has 1 atom stereocenters. The molecular formula is C8H19BN2O3. The first-order valence-electron chi connectivity index (χ1n) is 4.71. The van der Waals surface area contributed by atoms with E-state index in [-0.39, 0.29) is 12.4 Å². The molecule has 1 amide bonds. The minimum Gasteiger partial charge on any atom is -0.426 e. The Morgan fingerprint density at radius 3 is 2.36 bits per heavy atom. The Morgan fingerprint density at radius 2 is 2.00 bits per heavy atom. The predicted octanol–water partition coefficient (Wildman–Crippen LogP) is -1.17. The van der Waals surface area contributed by atoms with Gasteiger partial charge < -0.3 is 20.7 Å². The molecular weight excluding hydrogens is 183 g/mol. The van der Waals surface area contributed by atoms with Crippen molar-refractivity contribution < 1.29 is 14.8 Å². The molecule has 14 heavy (non-hydrogen) atoms. The van der Waals surface area contributed by atoms with Crippen molar-refractivity contribution in [2.45, 2.75) is 26.3 Å². The highest BCUT2D eigenvalue weighted by Crippen LogP contribution is 2.04. The zero-order valence-corrected chi connectivity index (χ0v) is 8.97. The molecule has 0 aromatic heterocycles. The fraction of sp³-hybridized carbons (Fsp3) is 0.875. The van der Waals surface area contributed by atoms with Crippen molar-refractivity contribution in [3.05, 3.63) is 0 Å². The van der Waals surface area contributed by atoms with Crippen LogP contribution in [0.25, 0.3) is 0 Å². The molecule has 0 spiro atoms. The summed E-state index contributed by atoms with van der Waals surface area (Å²) in [6, 6.07) is -0.557. The van der Waals surface area contributed by atoms with Crippen LogP contribution in [0.2, 0.25) is 0 Å². The number of likely N-dealkylation sites (N-methyl/N-ethyl adjacent to an activating group) is 1. The molecule has 0 bridgehead atoms. The lowest BCUT2D eigenvalue weighted by Crippen LogP contribution is -2.46. The lowest BCUT2D eigenvalue weighted by Gasteiger charge is -2.21. The van der Waals surface area contributed by atoms with Crippen LogP contribution in [-0.2, 0) is 4.79 Å². The first kappa shape index (κ1) is 13.4. The zero-order chi connectivity index (χ0) is 11.3. The van der Waals surface area contributed by atoms with Crippen LogP contribution in [0.5, 0.6) is 0 Å². The summed E-state index contributed by atoms with van der Waals surface area (Å²) in [5.74, 6) is 0.0909. The Bertz CT molecular complexity index is 169. The summed E-state index contributed by atoms with van der Waals surface area (Å²) in [7, 11) is -0.00250. The van der Waals surface area contributed by atoms with Gasteiger partial charge >= 0.3 is 7.12 Å². The Hall–Kier alpha value is -0.585. The average Bonchev–Trinajstić information content (AvgIpc) is 2.00. The topological polar surface area (TPSA) is 86.8 Å². The molecule has 0 aromatic carbocycles. The summed E-state index contributed by atoms with van der Waals surface area (Å²) < 4.78 is 0. The van der Waals surface area contributed by atoms with Gasteiger partial charge in [0.25, 0.3) is 0 Å². The van der Waals surface area contributed by atoms with Gasteiger partial charge in [0.15, 0.2) is 0 Å². The van der Waals surface area contributed by atoms with Crippen LogP contribution in [0.15, 0.2) is 0 Å². The standard InChI is InChI=1S/C8H19BN2O3/c1-6(2)4-7(10)8(12)11(3)5-9(13)14/h6-7,13-14H,4-5,10H2,1-3H3/t7-/m0/s1. The first-order valence-corrected chi connectivity index (χ1v) is 4.71. The van der Waals surface area contributed by atoms with Gasteiger partial charge in [-0.05, 0) is 12.3 Å². The van der Waals surface area contributed by atoms with E-state index in [9.17, 15) is 4.79 Å². The number of hydrogen-bond donors (Lipinski definition) is 3. The third-order valence-electron chi connectivity index (χ3n) is 1.86. The van der Waals surface area contributed by atoms with E-state index in [1.165, 1.54) is 11.9 Å². The van der Waals surface area contributed by atoms with Crippen LogP contribution in [0, 0.1) is 5.92 Å². The number of rotatable bonds is 5. The minimum absolute atomic E-state index is 0.107. The summed E-state index contributed by atoms with van der Waals surface area (Å²) in [4.78, 5) is 12.7. The maximum atomic E-state index is 11.5. The highest BCUT2D eigenvalue weighted by Gasteiger charge is 2.21. The van der Waals surface area contributed by atoms with Crippen LogP contribution in [0.1, 0.15) is 20.3 Å². The number of carbonyl (C=O) groups excluding carboxylic acids is 1. The van der Waals surface area contributed by atoms with Gasteiger partial charge in [-0.15, -0.1) is 0 Å². The Morgan fingerprint density at radius 1 is 1.50 bits per heavy atom. The van der Waals surface area contributed by atoms with Crippen LogP contribution in [0.3, 0.4) is 0 Å². The monoisotopic (exact) mass is 202 g/mol. The van der Waals surface area contributed by atoms with Crippen molar-refractivity contribution in [3.63, 3.8) is 0 Å². The van der Waals surface area contributed by atoms with Crippen molar-refractivity contribution in [2.75, 3.05) is 13.5 Å². The summed E-state index contributed by atoms with van der Waals surface area (Å²) in [6.07, 6.45) is 0.495. The molecule has 82 valence electrons. The van der Waals surface area contributed by atoms with Crippen LogP contribution in [-0.4, -0.2) is 47.5 Å². The van der Waals surface area contributed by atoms with Gasteiger partial charge in [-0.1, -0.05) is 13.8 Å². The molecule has 0 aromatic rings. The molecule has 0 rings (SSSR count).